The van der Waals surface area contributed by atoms with Crippen LogP contribution in [-0.2, 0) is 0 Å². The Morgan fingerprint density at radius 1 is 1.38 bits per heavy atom. The number of anilines is 1. The van der Waals surface area contributed by atoms with Crippen LogP contribution in [0.25, 0.3) is 0 Å². The second kappa shape index (κ2) is 4.65. The molecule has 1 saturated carbocycles. The van der Waals surface area contributed by atoms with Gasteiger partial charge in [-0.1, -0.05) is 0 Å². The minimum atomic E-state index is -2.46. The third-order valence-electron chi connectivity index (χ3n) is 2.81. The van der Waals surface area contributed by atoms with Crippen molar-refractivity contribution >= 4 is 21.6 Å². The molecule has 0 atom stereocenters. The molecule has 1 aliphatic rings. The molecule has 0 aliphatic heterocycles. The Labute approximate surface area is 102 Å². The molecular weight excluding hydrogens is 278 g/mol. The van der Waals surface area contributed by atoms with Crippen LogP contribution in [0.1, 0.15) is 25.7 Å². The summed E-state index contributed by atoms with van der Waals surface area (Å²) in [5.74, 6) is -2.46. The molecule has 1 N–H and O–H groups in total. The molecule has 0 unspecified atom stereocenters. The molecule has 0 spiro atoms. The largest absolute Gasteiger partial charge is 0.382 e. The van der Waals surface area contributed by atoms with E-state index < -0.39 is 5.92 Å². The lowest BCUT2D eigenvalue weighted by atomic mass is 9.92. The highest BCUT2D eigenvalue weighted by Crippen LogP contribution is 2.34. The first-order chi connectivity index (χ1) is 7.55. The van der Waals surface area contributed by atoms with Crippen LogP contribution in [-0.4, -0.2) is 16.9 Å². The van der Waals surface area contributed by atoms with Crippen molar-refractivity contribution in [2.75, 3.05) is 5.32 Å². The minimum Gasteiger partial charge on any atom is -0.382 e. The maximum Gasteiger partial charge on any atom is 0.248 e. The van der Waals surface area contributed by atoms with Crippen molar-refractivity contribution in [3.8, 4) is 0 Å². The van der Waals surface area contributed by atoms with Crippen LogP contribution in [0.3, 0.4) is 0 Å². The predicted octanol–water partition coefficient (Wildman–Crippen LogP) is 3.83. The van der Waals surface area contributed by atoms with Crippen LogP contribution in [0.5, 0.6) is 0 Å². The van der Waals surface area contributed by atoms with Crippen molar-refractivity contribution in [2.24, 2.45) is 0 Å². The normalized spacial score (nSPS) is 20.7. The lowest BCUT2D eigenvalue weighted by molar-refractivity contribution is -0.0360. The standard InChI is InChI=1S/C11H13BrF2N2/c12-10-7-9(3-6-15-10)16-8-1-4-11(13,14)5-2-8/h3,6-8H,1-2,4-5H2,(H,15,16). The maximum atomic E-state index is 12.9. The number of rotatable bonds is 2. The van der Waals surface area contributed by atoms with E-state index in [1.54, 1.807) is 6.20 Å². The van der Waals surface area contributed by atoms with E-state index in [-0.39, 0.29) is 18.9 Å². The molecule has 1 aromatic rings. The highest BCUT2D eigenvalue weighted by Gasteiger charge is 2.34. The molecular formula is C11H13BrF2N2. The molecule has 0 aromatic carbocycles. The Hall–Kier alpha value is -0.710. The summed E-state index contributed by atoms with van der Waals surface area (Å²) in [4.78, 5) is 4.01. The van der Waals surface area contributed by atoms with Gasteiger partial charge < -0.3 is 5.32 Å². The van der Waals surface area contributed by atoms with Gasteiger partial charge in [0.05, 0.1) is 0 Å². The van der Waals surface area contributed by atoms with Crippen LogP contribution in [0.4, 0.5) is 14.5 Å². The van der Waals surface area contributed by atoms with Gasteiger partial charge in [-0.25, -0.2) is 13.8 Å². The summed E-state index contributed by atoms with van der Waals surface area (Å²) in [6.45, 7) is 0. The first-order valence-corrected chi connectivity index (χ1v) is 6.10. The summed E-state index contributed by atoms with van der Waals surface area (Å²) < 4.78 is 26.6. The summed E-state index contributed by atoms with van der Waals surface area (Å²) in [6, 6.07) is 3.85. The highest BCUT2D eigenvalue weighted by molar-refractivity contribution is 9.10. The fourth-order valence-corrected chi connectivity index (χ4v) is 2.28. The number of nitrogens with one attached hydrogen (secondary N) is 1. The molecule has 16 heavy (non-hydrogen) atoms. The third-order valence-corrected chi connectivity index (χ3v) is 3.25. The van der Waals surface area contributed by atoms with E-state index in [0.29, 0.717) is 12.8 Å². The van der Waals surface area contributed by atoms with Crippen LogP contribution in [0.15, 0.2) is 22.9 Å². The Balaban J connectivity index is 1.92. The molecule has 2 nitrogen and oxygen atoms in total. The molecule has 1 heterocycles. The van der Waals surface area contributed by atoms with E-state index in [2.05, 4.69) is 26.2 Å². The van der Waals surface area contributed by atoms with Gasteiger partial charge in [-0.15, -0.1) is 0 Å². The van der Waals surface area contributed by atoms with Gasteiger partial charge in [-0.05, 0) is 40.9 Å². The lowest BCUT2D eigenvalue weighted by Crippen LogP contribution is -2.32. The SMILES string of the molecule is FC1(F)CCC(Nc2ccnc(Br)c2)CC1. The Morgan fingerprint density at radius 3 is 2.69 bits per heavy atom. The van der Waals surface area contributed by atoms with Crippen LogP contribution in [0, 0.1) is 0 Å². The first kappa shape index (κ1) is 11.8. The fourth-order valence-electron chi connectivity index (χ4n) is 1.91. The predicted molar refractivity (Wildman–Crippen MR) is 62.8 cm³/mol. The molecule has 0 amide bonds. The van der Waals surface area contributed by atoms with E-state index >= 15 is 0 Å². The summed E-state index contributed by atoms with van der Waals surface area (Å²) >= 11 is 3.27. The van der Waals surface area contributed by atoms with Crippen molar-refractivity contribution in [1.29, 1.82) is 0 Å². The van der Waals surface area contributed by atoms with Crippen LogP contribution in [0.2, 0.25) is 0 Å². The molecule has 2 rings (SSSR count). The quantitative estimate of drug-likeness (QED) is 0.838. The molecule has 1 aliphatic carbocycles. The molecule has 5 heteroatoms. The summed E-state index contributed by atoms with van der Waals surface area (Å²) in [5.41, 5.74) is 0.928. The average Bonchev–Trinajstić information content (AvgIpc) is 2.21. The number of pyridine rings is 1. The number of alkyl halides is 2. The van der Waals surface area contributed by atoms with Crippen molar-refractivity contribution in [1.82, 2.24) is 4.98 Å². The van der Waals surface area contributed by atoms with E-state index in [0.717, 1.165) is 10.3 Å². The van der Waals surface area contributed by atoms with Crippen molar-refractivity contribution in [3.05, 3.63) is 22.9 Å². The third kappa shape index (κ3) is 3.14. The number of halogens is 3. The van der Waals surface area contributed by atoms with Crippen LogP contribution < -0.4 is 5.32 Å². The van der Waals surface area contributed by atoms with E-state index in [1.807, 2.05) is 12.1 Å². The average molecular weight is 291 g/mol. The minimum absolute atomic E-state index is 0.0169. The van der Waals surface area contributed by atoms with Crippen molar-refractivity contribution in [3.63, 3.8) is 0 Å². The van der Waals surface area contributed by atoms with Gasteiger partial charge in [0.2, 0.25) is 5.92 Å². The molecule has 0 radical (unpaired) electrons. The zero-order valence-corrected chi connectivity index (χ0v) is 10.3. The second-order valence-corrected chi connectivity index (χ2v) is 4.95. The van der Waals surface area contributed by atoms with Gasteiger partial charge in [0, 0.05) is 30.8 Å². The Bertz CT molecular complexity index is 361. The van der Waals surface area contributed by atoms with Crippen LogP contribution >= 0.6 is 15.9 Å². The first-order valence-electron chi connectivity index (χ1n) is 5.31. The van der Waals surface area contributed by atoms with Gasteiger partial charge in [0.25, 0.3) is 0 Å². The Kier molecular flexibility index (Phi) is 3.42. The zero-order valence-electron chi connectivity index (χ0n) is 8.72. The topological polar surface area (TPSA) is 24.9 Å². The zero-order chi connectivity index (χ0) is 11.6. The number of hydrogen-bond donors (Lipinski definition) is 1. The number of hydrogen-bond acceptors (Lipinski definition) is 2. The molecule has 0 bridgehead atoms. The van der Waals surface area contributed by atoms with E-state index in [9.17, 15) is 8.78 Å². The number of nitrogens with zero attached hydrogens (tertiary/aromatic N) is 1. The van der Waals surface area contributed by atoms with Gasteiger partial charge >= 0.3 is 0 Å². The monoisotopic (exact) mass is 290 g/mol. The molecule has 88 valence electrons. The van der Waals surface area contributed by atoms with Crippen molar-refractivity contribution in [2.45, 2.75) is 37.6 Å². The molecule has 1 fully saturated rings. The summed E-state index contributed by atoms with van der Waals surface area (Å²) in [7, 11) is 0. The smallest absolute Gasteiger partial charge is 0.248 e. The van der Waals surface area contributed by atoms with Crippen molar-refractivity contribution < 1.29 is 8.78 Å². The fraction of sp³-hybridized carbons (Fsp3) is 0.545. The van der Waals surface area contributed by atoms with Gasteiger partial charge in [0.15, 0.2) is 0 Å². The van der Waals surface area contributed by atoms with E-state index in [1.165, 1.54) is 0 Å². The number of aromatic nitrogens is 1. The van der Waals surface area contributed by atoms with Gasteiger partial charge in [0.1, 0.15) is 4.60 Å². The Morgan fingerprint density at radius 2 is 2.06 bits per heavy atom. The van der Waals surface area contributed by atoms with Gasteiger partial charge in [-0.3, -0.25) is 0 Å². The van der Waals surface area contributed by atoms with E-state index in [4.69, 9.17) is 0 Å². The second-order valence-electron chi connectivity index (χ2n) is 4.14. The highest BCUT2D eigenvalue weighted by atomic mass is 79.9. The summed E-state index contributed by atoms with van der Waals surface area (Å²) in [5, 5.41) is 3.26. The lowest BCUT2D eigenvalue weighted by Gasteiger charge is -2.29. The molecule has 1 aromatic heterocycles. The maximum absolute atomic E-state index is 12.9. The molecule has 0 saturated heterocycles. The van der Waals surface area contributed by atoms with Gasteiger partial charge in [-0.2, -0.15) is 0 Å². The summed E-state index contributed by atoms with van der Waals surface area (Å²) in [6.07, 6.45) is 2.69.